The first-order chi connectivity index (χ1) is 15.4. The third-order valence-corrected chi connectivity index (χ3v) is 6.36. The number of carboxylic acid groups (broad SMARTS) is 2. The van der Waals surface area contributed by atoms with E-state index in [1.54, 1.807) is 6.92 Å². The van der Waals surface area contributed by atoms with Crippen molar-refractivity contribution in [1.82, 2.24) is 9.97 Å². The molecular formula is C26H22N2O4. The van der Waals surface area contributed by atoms with E-state index in [1.807, 2.05) is 55.5 Å². The van der Waals surface area contributed by atoms with Crippen molar-refractivity contribution in [2.75, 3.05) is 0 Å². The molecule has 0 radical (unpaired) electrons. The number of hydrogen-bond acceptors (Lipinski definition) is 2. The van der Waals surface area contributed by atoms with Crippen LogP contribution >= 0.6 is 0 Å². The fourth-order valence-electron chi connectivity index (χ4n) is 5.00. The second-order valence-corrected chi connectivity index (χ2v) is 8.04. The first-order valence-electron chi connectivity index (χ1n) is 10.5. The average Bonchev–Trinajstić information content (AvgIpc) is 3.32. The maximum absolute atomic E-state index is 12.2. The minimum Gasteiger partial charge on any atom is -0.477 e. The van der Waals surface area contributed by atoms with E-state index >= 15 is 0 Å². The molecule has 3 aromatic carbocycles. The van der Waals surface area contributed by atoms with Gasteiger partial charge in [0.15, 0.2) is 0 Å². The van der Waals surface area contributed by atoms with Crippen LogP contribution in [0, 0.1) is 6.92 Å². The maximum atomic E-state index is 12.2. The Labute approximate surface area is 183 Å². The van der Waals surface area contributed by atoms with Gasteiger partial charge >= 0.3 is 11.9 Å². The summed E-state index contributed by atoms with van der Waals surface area (Å²) in [6, 6.07) is 15.8. The van der Waals surface area contributed by atoms with Gasteiger partial charge in [-0.2, -0.15) is 0 Å². The molecule has 6 nitrogen and oxygen atoms in total. The molecule has 0 atom stereocenters. The molecule has 2 heterocycles. The van der Waals surface area contributed by atoms with Gasteiger partial charge < -0.3 is 20.2 Å². The van der Waals surface area contributed by atoms with Crippen LogP contribution in [0.2, 0.25) is 0 Å². The van der Waals surface area contributed by atoms with Crippen molar-refractivity contribution in [3.05, 3.63) is 82.4 Å². The highest BCUT2D eigenvalue weighted by atomic mass is 16.4. The van der Waals surface area contributed by atoms with Crippen LogP contribution in [-0.4, -0.2) is 32.1 Å². The zero-order chi connectivity index (χ0) is 22.6. The molecule has 0 aliphatic rings. The summed E-state index contributed by atoms with van der Waals surface area (Å²) >= 11 is 0. The van der Waals surface area contributed by atoms with E-state index in [0.29, 0.717) is 18.2 Å². The zero-order valence-electron chi connectivity index (χ0n) is 17.7. The maximum Gasteiger partial charge on any atom is 0.352 e. The Morgan fingerprint density at radius 2 is 1.25 bits per heavy atom. The summed E-state index contributed by atoms with van der Waals surface area (Å²) in [6.45, 7) is 3.80. The third kappa shape index (κ3) is 2.80. The van der Waals surface area contributed by atoms with Gasteiger partial charge in [0, 0.05) is 28.6 Å². The van der Waals surface area contributed by atoms with Crippen molar-refractivity contribution in [2.24, 2.45) is 0 Å². The molecule has 0 saturated heterocycles. The molecule has 5 rings (SSSR count). The highest BCUT2D eigenvalue weighted by Gasteiger charge is 2.24. The van der Waals surface area contributed by atoms with E-state index < -0.39 is 11.9 Å². The van der Waals surface area contributed by atoms with Crippen molar-refractivity contribution >= 4 is 44.3 Å². The Morgan fingerprint density at radius 1 is 0.750 bits per heavy atom. The second kappa shape index (κ2) is 7.27. The number of aromatic amines is 2. The lowest BCUT2D eigenvalue weighted by Crippen LogP contribution is -2.00. The first-order valence-corrected chi connectivity index (χ1v) is 10.5. The van der Waals surface area contributed by atoms with Crippen molar-refractivity contribution < 1.29 is 19.8 Å². The van der Waals surface area contributed by atoms with Gasteiger partial charge in [-0.05, 0) is 46.0 Å². The van der Waals surface area contributed by atoms with Crippen LogP contribution in [0.15, 0.2) is 48.5 Å². The minimum absolute atomic E-state index is 0.150. The Kier molecular flexibility index (Phi) is 4.51. The molecule has 32 heavy (non-hydrogen) atoms. The normalized spacial score (nSPS) is 11.6. The molecule has 0 aliphatic carbocycles. The van der Waals surface area contributed by atoms with Crippen molar-refractivity contribution in [2.45, 2.75) is 26.7 Å². The van der Waals surface area contributed by atoms with Gasteiger partial charge in [0.05, 0.1) is 0 Å². The van der Waals surface area contributed by atoms with Crippen LogP contribution in [0.4, 0.5) is 0 Å². The molecule has 5 aromatic rings. The van der Waals surface area contributed by atoms with Crippen molar-refractivity contribution in [3.8, 4) is 0 Å². The number of rotatable bonds is 5. The standard InChI is InChI=1S/C26H22N2O4/c1-3-14-13(2)23(25(29)30)27-19(14)12-20-21-17-10-6-4-8-15(17)16-9-5-7-11-18(16)22(21)24(28-20)26(31)32/h4-11,27-28H,3,12H2,1-2H3,(H,29,30)(H,31,32). The van der Waals surface area contributed by atoms with Gasteiger partial charge in [-0.15, -0.1) is 0 Å². The first kappa shape index (κ1) is 19.9. The molecule has 0 saturated carbocycles. The monoisotopic (exact) mass is 426 g/mol. The minimum atomic E-state index is -1.02. The number of carboxylic acids is 2. The van der Waals surface area contributed by atoms with Crippen molar-refractivity contribution in [3.63, 3.8) is 0 Å². The van der Waals surface area contributed by atoms with Crippen LogP contribution in [0.3, 0.4) is 0 Å². The van der Waals surface area contributed by atoms with Gasteiger partial charge in [-0.3, -0.25) is 0 Å². The number of nitrogens with one attached hydrogen (secondary N) is 2. The van der Waals surface area contributed by atoms with Crippen molar-refractivity contribution in [1.29, 1.82) is 0 Å². The van der Waals surface area contributed by atoms with Gasteiger partial charge in [0.1, 0.15) is 11.4 Å². The number of aromatic nitrogens is 2. The molecule has 4 N–H and O–H groups in total. The Bertz CT molecular complexity index is 1560. The second-order valence-electron chi connectivity index (χ2n) is 8.04. The fraction of sp³-hybridized carbons (Fsp3) is 0.154. The summed E-state index contributed by atoms with van der Waals surface area (Å²) in [5.74, 6) is -2.02. The van der Waals surface area contributed by atoms with Crippen LogP contribution < -0.4 is 0 Å². The summed E-state index contributed by atoms with van der Waals surface area (Å²) < 4.78 is 0. The number of aromatic carboxylic acids is 2. The molecule has 2 aromatic heterocycles. The molecule has 0 amide bonds. The van der Waals surface area contributed by atoms with Gasteiger partial charge in [0.2, 0.25) is 0 Å². The summed E-state index contributed by atoms with van der Waals surface area (Å²) in [5.41, 5.74) is 3.55. The fourth-order valence-corrected chi connectivity index (χ4v) is 5.00. The Hall–Kier alpha value is -4.06. The highest BCUT2D eigenvalue weighted by molar-refractivity contribution is 6.29. The topological polar surface area (TPSA) is 106 Å². The summed E-state index contributed by atoms with van der Waals surface area (Å²) in [5, 5.41) is 25.0. The lowest BCUT2D eigenvalue weighted by molar-refractivity contribution is 0.0681. The predicted molar refractivity (Wildman–Crippen MR) is 125 cm³/mol. The van der Waals surface area contributed by atoms with Crippen LogP contribution in [-0.2, 0) is 12.8 Å². The van der Waals surface area contributed by atoms with Crippen LogP contribution in [0.25, 0.3) is 32.3 Å². The summed E-state index contributed by atoms with van der Waals surface area (Å²) in [4.78, 5) is 30.1. The van der Waals surface area contributed by atoms with Crippen LogP contribution in [0.5, 0.6) is 0 Å². The lowest BCUT2D eigenvalue weighted by atomic mass is 9.93. The number of carbonyl (C=O) groups is 2. The van der Waals surface area contributed by atoms with E-state index in [4.69, 9.17) is 0 Å². The lowest BCUT2D eigenvalue weighted by Gasteiger charge is -2.09. The number of fused-ring (bicyclic) bond motifs is 6. The van der Waals surface area contributed by atoms with Gasteiger partial charge in [-0.25, -0.2) is 9.59 Å². The summed E-state index contributed by atoms with van der Waals surface area (Å²) in [7, 11) is 0. The number of benzene rings is 3. The van der Waals surface area contributed by atoms with Crippen LogP contribution in [0.1, 0.15) is 50.4 Å². The van der Waals surface area contributed by atoms with Gasteiger partial charge in [0.25, 0.3) is 0 Å². The summed E-state index contributed by atoms with van der Waals surface area (Å²) in [6.07, 6.45) is 1.06. The zero-order valence-corrected chi connectivity index (χ0v) is 17.7. The number of hydrogen-bond donors (Lipinski definition) is 4. The van der Waals surface area contributed by atoms with E-state index in [9.17, 15) is 19.8 Å². The Morgan fingerprint density at radius 3 is 1.78 bits per heavy atom. The smallest absolute Gasteiger partial charge is 0.352 e. The molecule has 0 aliphatic heterocycles. The SMILES string of the molecule is CCc1c(Cc2[nH]c(C(=O)O)c3c4ccccc4c4ccccc4c23)[nH]c(C(=O)O)c1C. The third-order valence-electron chi connectivity index (χ3n) is 6.36. The molecule has 0 fully saturated rings. The van der Waals surface area contributed by atoms with E-state index in [-0.39, 0.29) is 11.4 Å². The van der Waals surface area contributed by atoms with E-state index in [0.717, 1.165) is 49.4 Å². The quantitative estimate of drug-likeness (QED) is 0.272. The molecule has 0 bridgehead atoms. The Balaban J connectivity index is 1.87. The van der Waals surface area contributed by atoms with E-state index in [1.165, 1.54) is 0 Å². The van der Waals surface area contributed by atoms with E-state index in [2.05, 4.69) is 9.97 Å². The largest absolute Gasteiger partial charge is 0.477 e. The molecular weight excluding hydrogens is 404 g/mol. The molecule has 160 valence electrons. The molecule has 0 spiro atoms. The molecule has 6 heteroatoms. The molecule has 0 unspecified atom stereocenters. The highest BCUT2D eigenvalue weighted by Crippen LogP contribution is 2.39. The van der Waals surface area contributed by atoms with Gasteiger partial charge in [-0.1, -0.05) is 55.5 Å². The number of H-pyrrole nitrogens is 2. The predicted octanol–water partition coefficient (Wildman–Crippen LogP) is 5.66. The average molecular weight is 426 g/mol.